The van der Waals surface area contributed by atoms with E-state index in [1.165, 1.54) is 18.4 Å². The van der Waals surface area contributed by atoms with Crippen molar-refractivity contribution in [1.29, 1.82) is 0 Å². The summed E-state index contributed by atoms with van der Waals surface area (Å²) >= 11 is 7.35. The summed E-state index contributed by atoms with van der Waals surface area (Å²) in [4.78, 5) is 31.6. The van der Waals surface area contributed by atoms with Crippen LogP contribution in [0.15, 0.2) is 93.9 Å². The van der Waals surface area contributed by atoms with E-state index < -0.39 is 12.0 Å². The predicted octanol–water partition coefficient (Wildman–Crippen LogP) is 4.65. The van der Waals surface area contributed by atoms with Crippen molar-refractivity contribution in [3.8, 4) is 11.5 Å². The van der Waals surface area contributed by atoms with Crippen molar-refractivity contribution in [2.75, 3.05) is 14.2 Å². The van der Waals surface area contributed by atoms with E-state index in [4.69, 9.17) is 25.8 Å². The standard InChI is InChI=1S/C30H25ClN2O5S/c1-18-26(29(35)37-3)27(20-8-5-4-6-9-20)33-28(34)25(39-30(33)32-18)15-19-12-13-24(36-2)21(14-19)17-38-23-11-7-10-22(31)16-23/h4-16,27H,17H2,1-3H3/b25-15-. The number of methoxy groups -OCH3 is 2. The van der Waals surface area contributed by atoms with Gasteiger partial charge in [-0.15, -0.1) is 0 Å². The van der Waals surface area contributed by atoms with Crippen LogP contribution in [0.3, 0.4) is 0 Å². The van der Waals surface area contributed by atoms with Crippen LogP contribution in [-0.4, -0.2) is 24.8 Å². The van der Waals surface area contributed by atoms with Gasteiger partial charge in [0.25, 0.3) is 5.56 Å². The lowest BCUT2D eigenvalue weighted by atomic mass is 9.96. The first kappa shape index (κ1) is 26.5. The molecule has 1 aromatic heterocycles. The number of esters is 1. The first-order chi connectivity index (χ1) is 18.9. The van der Waals surface area contributed by atoms with Gasteiger partial charge in [0.2, 0.25) is 0 Å². The SMILES string of the molecule is COC(=O)C1=C(C)N=c2s/c(=C\c3ccc(OC)c(COc4cccc(Cl)c4)c3)c(=O)n2C1c1ccccc1. The molecular formula is C30H25ClN2O5S. The van der Waals surface area contributed by atoms with Crippen LogP contribution in [0.5, 0.6) is 11.5 Å². The summed E-state index contributed by atoms with van der Waals surface area (Å²) in [5.41, 5.74) is 3.02. The molecule has 4 aromatic rings. The Hall–Kier alpha value is -4.14. The molecule has 0 radical (unpaired) electrons. The molecule has 1 aliphatic heterocycles. The van der Waals surface area contributed by atoms with Gasteiger partial charge in [0.15, 0.2) is 4.80 Å². The lowest BCUT2D eigenvalue weighted by Gasteiger charge is -2.24. The second-order valence-electron chi connectivity index (χ2n) is 8.80. The molecule has 5 rings (SSSR count). The lowest BCUT2D eigenvalue weighted by Crippen LogP contribution is -2.39. The van der Waals surface area contributed by atoms with E-state index in [2.05, 4.69) is 4.99 Å². The van der Waals surface area contributed by atoms with E-state index in [0.717, 1.165) is 16.7 Å². The number of hydrogen-bond acceptors (Lipinski definition) is 7. The van der Waals surface area contributed by atoms with E-state index in [0.29, 0.717) is 37.1 Å². The Morgan fingerprint density at radius 2 is 1.87 bits per heavy atom. The normalized spacial score (nSPS) is 15.0. The van der Waals surface area contributed by atoms with Crippen LogP contribution < -0.4 is 24.4 Å². The average molecular weight is 561 g/mol. The third-order valence-electron chi connectivity index (χ3n) is 6.33. The maximum Gasteiger partial charge on any atom is 0.338 e. The maximum absolute atomic E-state index is 13.8. The van der Waals surface area contributed by atoms with Crippen LogP contribution >= 0.6 is 22.9 Å². The van der Waals surface area contributed by atoms with Crippen molar-refractivity contribution in [2.45, 2.75) is 19.6 Å². The van der Waals surface area contributed by atoms with Gasteiger partial charge in [0, 0.05) is 10.6 Å². The van der Waals surface area contributed by atoms with Gasteiger partial charge in [-0.1, -0.05) is 65.4 Å². The molecule has 3 aromatic carbocycles. The summed E-state index contributed by atoms with van der Waals surface area (Å²) in [6.45, 7) is 2.01. The Morgan fingerprint density at radius 1 is 1.08 bits per heavy atom. The fourth-order valence-electron chi connectivity index (χ4n) is 4.51. The molecule has 198 valence electrons. The Morgan fingerprint density at radius 3 is 2.59 bits per heavy atom. The Labute approximate surface area is 233 Å². The van der Waals surface area contributed by atoms with Crippen molar-refractivity contribution in [1.82, 2.24) is 4.57 Å². The molecule has 0 saturated carbocycles. The number of hydrogen-bond donors (Lipinski definition) is 0. The quantitative estimate of drug-likeness (QED) is 0.307. The number of benzene rings is 3. The summed E-state index contributed by atoms with van der Waals surface area (Å²) in [6.07, 6.45) is 1.81. The number of fused-ring (bicyclic) bond motifs is 1. The van der Waals surface area contributed by atoms with E-state index >= 15 is 0 Å². The summed E-state index contributed by atoms with van der Waals surface area (Å²) < 4.78 is 18.6. The number of rotatable bonds is 7. The Bertz CT molecular complexity index is 1760. The number of nitrogens with zero attached hydrogens (tertiary/aromatic N) is 2. The molecule has 2 heterocycles. The second kappa shape index (κ2) is 11.3. The summed E-state index contributed by atoms with van der Waals surface area (Å²) in [7, 11) is 2.92. The number of halogens is 1. The molecule has 0 N–H and O–H groups in total. The van der Waals surface area contributed by atoms with Gasteiger partial charge in [-0.2, -0.15) is 0 Å². The number of carbonyl (C=O) groups is 1. The van der Waals surface area contributed by atoms with E-state index in [9.17, 15) is 9.59 Å². The zero-order valence-corrected chi connectivity index (χ0v) is 23.1. The molecule has 0 bridgehead atoms. The molecule has 39 heavy (non-hydrogen) atoms. The number of allylic oxidation sites excluding steroid dienone is 1. The van der Waals surface area contributed by atoms with Gasteiger partial charge in [-0.05, 0) is 54.5 Å². The van der Waals surface area contributed by atoms with E-state index in [-0.39, 0.29) is 12.2 Å². The van der Waals surface area contributed by atoms with Gasteiger partial charge in [0.1, 0.15) is 18.1 Å². The monoisotopic (exact) mass is 560 g/mol. The predicted molar refractivity (Wildman–Crippen MR) is 151 cm³/mol. The molecule has 0 spiro atoms. The number of thiazole rings is 1. The lowest BCUT2D eigenvalue weighted by molar-refractivity contribution is -0.136. The zero-order chi connectivity index (χ0) is 27.5. The van der Waals surface area contributed by atoms with Crippen molar-refractivity contribution in [3.05, 3.63) is 125 Å². The van der Waals surface area contributed by atoms with Gasteiger partial charge >= 0.3 is 5.97 Å². The largest absolute Gasteiger partial charge is 0.496 e. The molecule has 0 saturated heterocycles. The Kier molecular flexibility index (Phi) is 7.67. The maximum atomic E-state index is 13.8. The second-order valence-corrected chi connectivity index (χ2v) is 10.2. The summed E-state index contributed by atoms with van der Waals surface area (Å²) in [5.74, 6) is 0.790. The molecule has 0 fully saturated rings. The molecular weight excluding hydrogens is 536 g/mol. The van der Waals surface area contributed by atoms with Crippen LogP contribution in [0.25, 0.3) is 6.08 Å². The molecule has 1 unspecified atom stereocenters. The van der Waals surface area contributed by atoms with E-state index in [1.807, 2.05) is 66.7 Å². The minimum Gasteiger partial charge on any atom is -0.496 e. The Balaban J connectivity index is 1.57. The molecule has 0 amide bonds. The first-order valence-electron chi connectivity index (χ1n) is 12.1. The zero-order valence-electron chi connectivity index (χ0n) is 21.5. The molecule has 9 heteroatoms. The van der Waals surface area contributed by atoms with Gasteiger partial charge in [-0.3, -0.25) is 9.36 Å². The fourth-order valence-corrected chi connectivity index (χ4v) is 5.74. The van der Waals surface area contributed by atoms with Gasteiger partial charge in [0.05, 0.1) is 36.1 Å². The van der Waals surface area contributed by atoms with Crippen LogP contribution in [0.2, 0.25) is 5.02 Å². The number of aromatic nitrogens is 1. The van der Waals surface area contributed by atoms with Crippen LogP contribution in [0, 0.1) is 0 Å². The van der Waals surface area contributed by atoms with Crippen LogP contribution in [-0.2, 0) is 16.1 Å². The molecule has 7 nitrogen and oxygen atoms in total. The van der Waals surface area contributed by atoms with Crippen LogP contribution in [0.4, 0.5) is 0 Å². The highest BCUT2D eigenvalue weighted by Gasteiger charge is 2.32. The minimum atomic E-state index is -0.644. The third kappa shape index (κ3) is 5.39. The highest BCUT2D eigenvalue weighted by atomic mass is 35.5. The number of carbonyl (C=O) groups excluding carboxylic acids is 1. The fraction of sp³-hybridized carbons (Fsp3) is 0.167. The molecule has 1 aliphatic rings. The van der Waals surface area contributed by atoms with Crippen molar-refractivity contribution < 1.29 is 19.0 Å². The summed E-state index contributed by atoms with van der Waals surface area (Å²) in [6, 6.07) is 21.6. The smallest absolute Gasteiger partial charge is 0.338 e. The topological polar surface area (TPSA) is 79.1 Å². The highest BCUT2D eigenvalue weighted by Crippen LogP contribution is 2.30. The van der Waals surface area contributed by atoms with Crippen molar-refractivity contribution in [2.24, 2.45) is 4.99 Å². The minimum absolute atomic E-state index is 0.242. The van der Waals surface area contributed by atoms with Gasteiger partial charge < -0.3 is 14.2 Å². The number of ether oxygens (including phenoxy) is 3. The summed E-state index contributed by atoms with van der Waals surface area (Å²) in [5, 5.41) is 0.586. The van der Waals surface area contributed by atoms with E-state index in [1.54, 1.807) is 30.7 Å². The average Bonchev–Trinajstić information content (AvgIpc) is 3.25. The molecule has 0 aliphatic carbocycles. The highest BCUT2D eigenvalue weighted by molar-refractivity contribution is 7.07. The van der Waals surface area contributed by atoms with Crippen molar-refractivity contribution >= 4 is 35.0 Å². The molecule has 1 atom stereocenters. The van der Waals surface area contributed by atoms with Crippen LogP contribution in [0.1, 0.15) is 29.7 Å². The third-order valence-corrected chi connectivity index (χ3v) is 7.55. The van der Waals surface area contributed by atoms with Gasteiger partial charge in [-0.25, -0.2) is 9.79 Å². The van der Waals surface area contributed by atoms with Crippen molar-refractivity contribution in [3.63, 3.8) is 0 Å². The first-order valence-corrected chi connectivity index (χ1v) is 13.3.